The van der Waals surface area contributed by atoms with Crippen molar-refractivity contribution in [2.75, 3.05) is 13.2 Å². The van der Waals surface area contributed by atoms with Crippen LogP contribution in [0, 0.1) is 5.41 Å². The number of carbonyl (C=O) groups excluding carboxylic acids is 3. The highest BCUT2D eigenvalue weighted by molar-refractivity contribution is 6.38. The SMILES string of the molecule is CC1CCCCN1C(=O)C(=O)C(C)(C)COC=O. The van der Waals surface area contributed by atoms with Crippen molar-refractivity contribution >= 4 is 18.2 Å². The van der Waals surface area contributed by atoms with Crippen molar-refractivity contribution in [3.8, 4) is 0 Å². The van der Waals surface area contributed by atoms with Crippen molar-refractivity contribution in [2.45, 2.75) is 46.1 Å². The number of piperidine rings is 1. The predicted octanol–water partition coefficient (Wildman–Crippen LogP) is 1.16. The zero-order valence-corrected chi connectivity index (χ0v) is 11.3. The number of rotatable bonds is 5. The predicted molar refractivity (Wildman–Crippen MR) is 65.8 cm³/mol. The van der Waals surface area contributed by atoms with Crippen LogP contribution in [0.5, 0.6) is 0 Å². The number of hydrogen-bond acceptors (Lipinski definition) is 4. The van der Waals surface area contributed by atoms with Gasteiger partial charge in [-0.05, 0) is 40.0 Å². The maximum Gasteiger partial charge on any atom is 0.293 e. The molecule has 1 saturated heterocycles. The molecule has 1 aliphatic heterocycles. The van der Waals surface area contributed by atoms with Crippen LogP contribution >= 0.6 is 0 Å². The van der Waals surface area contributed by atoms with Gasteiger partial charge < -0.3 is 9.64 Å². The average molecular weight is 255 g/mol. The number of carbonyl (C=O) groups is 3. The van der Waals surface area contributed by atoms with Gasteiger partial charge in [0.25, 0.3) is 12.4 Å². The van der Waals surface area contributed by atoms with Crippen molar-refractivity contribution in [2.24, 2.45) is 5.41 Å². The third-order valence-corrected chi connectivity index (χ3v) is 3.38. The molecular weight excluding hydrogens is 234 g/mol. The van der Waals surface area contributed by atoms with Gasteiger partial charge in [0.1, 0.15) is 6.61 Å². The fraction of sp³-hybridized carbons (Fsp3) is 0.769. The van der Waals surface area contributed by atoms with E-state index in [2.05, 4.69) is 4.74 Å². The normalized spacial score (nSPS) is 20.4. The van der Waals surface area contributed by atoms with E-state index in [4.69, 9.17) is 0 Å². The lowest BCUT2D eigenvalue weighted by Crippen LogP contribution is -2.49. The van der Waals surface area contributed by atoms with Crippen LogP contribution in [-0.2, 0) is 19.1 Å². The average Bonchev–Trinajstić information content (AvgIpc) is 2.35. The Morgan fingerprint density at radius 3 is 2.61 bits per heavy atom. The summed E-state index contributed by atoms with van der Waals surface area (Å²) < 4.78 is 4.61. The second-order valence-corrected chi connectivity index (χ2v) is 5.46. The topological polar surface area (TPSA) is 63.7 Å². The summed E-state index contributed by atoms with van der Waals surface area (Å²) in [6, 6.07) is 0.109. The van der Waals surface area contributed by atoms with Gasteiger partial charge in [-0.1, -0.05) is 0 Å². The quantitative estimate of drug-likeness (QED) is 0.546. The summed E-state index contributed by atoms with van der Waals surface area (Å²) in [7, 11) is 0. The highest BCUT2D eigenvalue weighted by Crippen LogP contribution is 2.22. The van der Waals surface area contributed by atoms with Crippen LogP contribution in [0.25, 0.3) is 0 Å². The van der Waals surface area contributed by atoms with Crippen LogP contribution in [0.1, 0.15) is 40.0 Å². The zero-order valence-electron chi connectivity index (χ0n) is 11.3. The maximum absolute atomic E-state index is 12.2. The molecule has 1 atom stereocenters. The van der Waals surface area contributed by atoms with Crippen molar-refractivity contribution in [3.05, 3.63) is 0 Å². The molecule has 102 valence electrons. The number of nitrogens with zero attached hydrogens (tertiary/aromatic N) is 1. The van der Waals surface area contributed by atoms with Crippen molar-refractivity contribution in [3.63, 3.8) is 0 Å². The molecule has 0 aliphatic carbocycles. The van der Waals surface area contributed by atoms with E-state index in [0.29, 0.717) is 13.0 Å². The summed E-state index contributed by atoms with van der Waals surface area (Å²) >= 11 is 0. The molecule has 0 aromatic rings. The highest BCUT2D eigenvalue weighted by atomic mass is 16.5. The second-order valence-electron chi connectivity index (χ2n) is 5.46. The lowest BCUT2D eigenvalue weighted by Gasteiger charge is -2.34. The van der Waals surface area contributed by atoms with Gasteiger partial charge >= 0.3 is 0 Å². The van der Waals surface area contributed by atoms with Crippen LogP contribution in [-0.4, -0.2) is 42.3 Å². The van der Waals surface area contributed by atoms with E-state index in [0.717, 1.165) is 19.3 Å². The monoisotopic (exact) mass is 255 g/mol. The van der Waals surface area contributed by atoms with E-state index in [1.165, 1.54) is 0 Å². The summed E-state index contributed by atoms with van der Waals surface area (Å²) in [5, 5.41) is 0. The molecule has 0 radical (unpaired) electrons. The van der Waals surface area contributed by atoms with Gasteiger partial charge in [0.05, 0.1) is 5.41 Å². The van der Waals surface area contributed by atoms with Crippen LogP contribution in [0.15, 0.2) is 0 Å². The molecule has 1 fully saturated rings. The van der Waals surface area contributed by atoms with Gasteiger partial charge in [-0.3, -0.25) is 14.4 Å². The van der Waals surface area contributed by atoms with Crippen molar-refractivity contribution in [1.29, 1.82) is 0 Å². The van der Waals surface area contributed by atoms with Crippen LogP contribution in [0.4, 0.5) is 0 Å². The van der Waals surface area contributed by atoms with Crippen LogP contribution in [0.3, 0.4) is 0 Å². The molecule has 0 aromatic carbocycles. The molecule has 0 bridgehead atoms. The fourth-order valence-corrected chi connectivity index (χ4v) is 2.13. The first-order chi connectivity index (χ1) is 8.40. The first kappa shape index (κ1) is 14.7. The van der Waals surface area contributed by atoms with Gasteiger partial charge in [0.15, 0.2) is 0 Å². The standard InChI is InChI=1S/C13H21NO4/c1-10-6-4-5-7-14(10)12(17)11(16)13(2,3)8-18-9-15/h9-10H,4-8H2,1-3H3. The Morgan fingerprint density at radius 1 is 1.39 bits per heavy atom. The summed E-state index contributed by atoms with van der Waals surface area (Å²) in [6.07, 6.45) is 2.97. The molecule has 1 rings (SSSR count). The molecule has 1 heterocycles. The first-order valence-electron chi connectivity index (χ1n) is 6.31. The Balaban J connectivity index is 2.70. The molecule has 1 aliphatic rings. The molecular formula is C13H21NO4. The smallest absolute Gasteiger partial charge is 0.293 e. The van der Waals surface area contributed by atoms with Gasteiger partial charge in [0.2, 0.25) is 5.78 Å². The van der Waals surface area contributed by atoms with E-state index in [9.17, 15) is 14.4 Å². The molecule has 0 spiro atoms. The lowest BCUT2D eigenvalue weighted by molar-refractivity contribution is -0.154. The largest absolute Gasteiger partial charge is 0.467 e. The summed E-state index contributed by atoms with van der Waals surface area (Å²) in [6.45, 7) is 6.05. The molecule has 18 heavy (non-hydrogen) atoms. The molecule has 5 heteroatoms. The van der Waals surface area contributed by atoms with E-state index in [1.54, 1.807) is 18.7 Å². The molecule has 1 amide bonds. The maximum atomic E-state index is 12.2. The molecule has 0 saturated carbocycles. The van der Waals surface area contributed by atoms with Gasteiger partial charge in [-0.2, -0.15) is 0 Å². The van der Waals surface area contributed by atoms with Crippen LogP contribution in [0.2, 0.25) is 0 Å². The van der Waals surface area contributed by atoms with E-state index < -0.39 is 17.1 Å². The fourth-order valence-electron chi connectivity index (χ4n) is 2.13. The van der Waals surface area contributed by atoms with E-state index in [-0.39, 0.29) is 12.6 Å². The third kappa shape index (κ3) is 3.31. The molecule has 0 aromatic heterocycles. The van der Waals surface area contributed by atoms with E-state index >= 15 is 0 Å². The number of likely N-dealkylation sites (tertiary alicyclic amines) is 1. The Kier molecular flexibility index (Phi) is 4.87. The first-order valence-corrected chi connectivity index (χ1v) is 6.31. The minimum absolute atomic E-state index is 0.0662. The number of Topliss-reactive ketones (excluding diaryl/α,β-unsaturated/α-hetero) is 1. The Labute approximate surface area is 107 Å². The van der Waals surface area contributed by atoms with Gasteiger partial charge in [-0.25, -0.2) is 0 Å². The second kappa shape index (κ2) is 5.98. The van der Waals surface area contributed by atoms with Gasteiger partial charge in [0, 0.05) is 12.6 Å². The number of amides is 1. The third-order valence-electron chi connectivity index (χ3n) is 3.38. The zero-order chi connectivity index (χ0) is 13.8. The molecule has 5 nitrogen and oxygen atoms in total. The minimum Gasteiger partial charge on any atom is -0.467 e. The van der Waals surface area contributed by atoms with E-state index in [1.807, 2.05) is 6.92 Å². The van der Waals surface area contributed by atoms with Gasteiger partial charge in [-0.15, -0.1) is 0 Å². The number of ketones is 1. The van der Waals surface area contributed by atoms with Crippen LogP contribution < -0.4 is 0 Å². The Bertz CT molecular complexity index is 338. The number of ether oxygens (including phenoxy) is 1. The molecule has 1 unspecified atom stereocenters. The Morgan fingerprint density at radius 2 is 2.06 bits per heavy atom. The highest BCUT2D eigenvalue weighted by Gasteiger charge is 2.38. The Hall–Kier alpha value is -1.39. The lowest BCUT2D eigenvalue weighted by atomic mass is 9.87. The summed E-state index contributed by atoms with van der Waals surface area (Å²) in [5.74, 6) is -0.945. The summed E-state index contributed by atoms with van der Waals surface area (Å²) in [5.41, 5.74) is -0.963. The molecule has 0 N–H and O–H groups in total. The number of hydrogen-bond donors (Lipinski definition) is 0. The van der Waals surface area contributed by atoms with Crippen molar-refractivity contribution in [1.82, 2.24) is 4.90 Å². The van der Waals surface area contributed by atoms with Crippen molar-refractivity contribution < 1.29 is 19.1 Å². The summed E-state index contributed by atoms with van der Waals surface area (Å²) in [4.78, 5) is 36.1. The minimum atomic E-state index is -0.963.